The third kappa shape index (κ3) is 5.53. The molecule has 4 heteroatoms. The summed E-state index contributed by atoms with van der Waals surface area (Å²) >= 11 is 0. The van der Waals surface area contributed by atoms with E-state index in [9.17, 15) is 9.32 Å². The quantitative estimate of drug-likeness (QED) is 0.840. The van der Waals surface area contributed by atoms with Crippen molar-refractivity contribution in [1.29, 1.82) is 0 Å². The molecule has 1 N–H and O–H groups in total. The fourth-order valence-electron chi connectivity index (χ4n) is 1.89. The molecule has 0 aliphatic rings. The molecule has 1 aromatic carbocycles. The number of benzene rings is 1. The SMILES string of the molecule is Cc1ccc([S@](=O)/C(=C/[Si](C)(C)C)[C@@H](O)C(C)(C)C)cc1. The lowest BCUT2D eigenvalue weighted by molar-refractivity contribution is 0.102. The van der Waals surface area contributed by atoms with Crippen molar-refractivity contribution >= 4 is 18.9 Å². The number of hydrogen-bond acceptors (Lipinski definition) is 2. The van der Waals surface area contributed by atoms with E-state index in [-0.39, 0.29) is 5.41 Å². The van der Waals surface area contributed by atoms with Gasteiger partial charge in [0.05, 0.1) is 25.0 Å². The highest BCUT2D eigenvalue weighted by Gasteiger charge is 2.31. The molecule has 21 heavy (non-hydrogen) atoms. The fraction of sp³-hybridized carbons (Fsp3) is 0.529. The van der Waals surface area contributed by atoms with Crippen molar-refractivity contribution in [2.75, 3.05) is 0 Å². The van der Waals surface area contributed by atoms with Gasteiger partial charge < -0.3 is 5.11 Å². The van der Waals surface area contributed by atoms with Crippen LogP contribution in [-0.4, -0.2) is 23.5 Å². The van der Waals surface area contributed by atoms with E-state index >= 15 is 0 Å². The molecule has 1 rings (SSSR count). The largest absolute Gasteiger partial charge is 0.387 e. The molecule has 0 heterocycles. The predicted molar refractivity (Wildman–Crippen MR) is 94.5 cm³/mol. The molecule has 0 aliphatic carbocycles. The normalized spacial score (nSPS) is 16.7. The second kappa shape index (κ2) is 6.59. The molecule has 0 amide bonds. The fourth-order valence-corrected chi connectivity index (χ4v) is 5.60. The zero-order valence-corrected chi connectivity index (χ0v) is 16.0. The molecule has 0 radical (unpaired) electrons. The monoisotopic (exact) mass is 324 g/mol. The number of aliphatic hydroxyl groups excluding tert-OH is 1. The summed E-state index contributed by atoms with van der Waals surface area (Å²) in [4.78, 5) is 1.42. The van der Waals surface area contributed by atoms with Gasteiger partial charge in [-0.15, -0.1) is 0 Å². The molecule has 0 aromatic heterocycles. The van der Waals surface area contributed by atoms with E-state index in [1.165, 1.54) is 0 Å². The van der Waals surface area contributed by atoms with Crippen molar-refractivity contribution < 1.29 is 9.32 Å². The van der Waals surface area contributed by atoms with E-state index in [1.807, 2.05) is 52.0 Å². The average molecular weight is 325 g/mol. The van der Waals surface area contributed by atoms with Crippen LogP contribution in [0.4, 0.5) is 0 Å². The zero-order valence-electron chi connectivity index (χ0n) is 14.2. The Balaban J connectivity index is 3.28. The average Bonchev–Trinajstić information content (AvgIpc) is 2.33. The van der Waals surface area contributed by atoms with Crippen molar-refractivity contribution in [2.24, 2.45) is 5.41 Å². The van der Waals surface area contributed by atoms with Gasteiger partial charge in [0.25, 0.3) is 0 Å². The van der Waals surface area contributed by atoms with Crippen LogP contribution >= 0.6 is 0 Å². The second-order valence-electron chi connectivity index (χ2n) is 7.76. The molecule has 0 saturated carbocycles. The Kier molecular flexibility index (Phi) is 5.75. The Morgan fingerprint density at radius 3 is 2.05 bits per heavy atom. The van der Waals surface area contributed by atoms with Gasteiger partial charge in [-0.2, -0.15) is 0 Å². The van der Waals surface area contributed by atoms with Gasteiger partial charge in [0.2, 0.25) is 0 Å². The van der Waals surface area contributed by atoms with Gasteiger partial charge in [-0.1, -0.05) is 63.8 Å². The maximum absolute atomic E-state index is 12.9. The van der Waals surface area contributed by atoms with Crippen molar-refractivity contribution in [1.82, 2.24) is 0 Å². The molecule has 2 nitrogen and oxygen atoms in total. The molecule has 0 aliphatic heterocycles. The van der Waals surface area contributed by atoms with Gasteiger partial charge in [-0.05, 0) is 24.5 Å². The van der Waals surface area contributed by atoms with Crippen LogP contribution in [0.1, 0.15) is 26.3 Å². The third-order valence-electron chi connectivity index (χ3n) is 3.11. The van der Waals surface area contributed by atoms with Crippen molar-refractivity contribution in [3.05, 3.63) is 40.4 Å². The van der Waals surface area contributed by atoms with Crippen LogP contribution in [0.3, 0.4) is 0 Å². The van der Waals surface area contributed by atoms with Gasteiger partial charge in [0.15, 0.2) is 0 Å². The smallest absolute Gasteiger partial charge is 0.0918 e. The summed E-state index contributed by atoms with van der Waals surface area (Å²) < 4.78 is 12.9. The van der Waals surface area contributed by atoms with Gasteiger partial charge in [0, 0.05) is 9.80 Å². The van der Waals surface area contributed by atoms with Gasteiger partial charge in [-0.3, -0.25) is 0 Å². The van der Waals surface area contributed by atoms with E-state index in [2.05, 4.69) is 25.3 Å². The first-order valence-electron chi connectivity index (χ1n) is 7.31. The minimum Gasteiger partial charge on any atom is -0.387 e. The molecular formula is C17H28O2SSi. The summed E-state index contributed by atoms with van der Waals surface area (Å²) in [7, 11) is -2.89. The van der Waals surface area contributed by atoms with Crippen molar-refractivity contribution in [3.63, 3.8) is 0 Å². The first-order valence-corrected chi connectivity index (χ1v) is 12.0. The standard InChI is InChI=1S/C17H28O2SSi/c1-13-8-10-14(11-9-13)20(19)15(12-21(5,6)7)16(18)17(2,3)4/h8-12,16,18H,1-7H3/b15-12+/t16-,20+/m1/s1. The van der Waals surface area contributed by atoms with Crippen LogP contribution in [0.2, 0.25) is 19.6 Å². The van der Waals surface area contributed by atoms with Crippen LogP contribution in [0.5, 0.6) is 0 Å². The number of aliphatic hydroxyl groups is 1. The molecule has 0 bridgehead atoms. The number of aryl methyl sites for hydroxylation is 1. The Labute approximate surface area is 132 Å². The Morgan fingerprint density at radius 1 is 1.19 bits per heavy atom. The van der Waals surface area contributed by atoms with Crippen LogP contribution in [0, 0.1) is 12.3 Å². The molecular weight excluding hydrogens is 296 g/mol. The highest BCUT2D eigenvalue weighted by molar-refractivity contribution is 7.89. The summed E-state index contributed by atoms with van der Waals surface area (Å²) in [6, 6.07) is 7.70. The maximum Gasteiger partial charge on any atom is 0.0918 e. The third-order valence-corrected chi connectivity index (χ3v) is 5.97. The number of rotatable bonds is 4. The van der Waals surface area contributed by atoms with Crippen molar-refractivity contribution in [2.45, 2.75) is 58.3 Å². The predicted octanol–water partition coefficient (Wildman–Crippen LogP) is 4.27. The summed E-state index contributed by atoms with van der Waals surface area (Å²) in [5.41, 5.74) is 2.90. The van der Waals surface area contributed by atoms with Crippen molar-refractivity contribution in [3.8, 4) is 0 Å². The lowest BCUT2D eigenvalue weighted by atomic mass is 9.89. The molecule has 118 valence electrons. The highest BCUT2D eigenvalue weighted by atomic mass is 32.2. The Hall–Kier alpha value is -0.713. The topological polar surface area (TPSA) is 37.3 Å². The summed E-state index contributed by atoms with van der Waals surface area (Å²) in [5.74, 6) is 0. The maximum atomic E-state index is 12.9. The minimum absolute atomic E-state index is 0.328. The minimum atomic E-state index is -1.58. The Bertz CT molecular complexity index is 533. The molecule has 1 aromatic rings. The lowest BCUT2D eigenvalue weighted by Gasteiger charge is -2.29. The zero-order chi connectivity index (χ0) is 16.4. The lowest BCUT2D eigenvalue weighted by Crippen LogP contribution is -2.32. The van der Waals surface area contributed by atoms with E-state index in [4.69, 9.17) is 0 Å². The van der Waals surface area contributed by atoms with E-state index in [0.29, 0.717) is 4.91 Å². The van der Waals surface area contributed by atoms with Gasteiger partial charge in [0.1, 0.15) is 0 Å². The highest BCUT2D eigenvalue weighted by Crippen LogP contribution is 2.30. The first-order chi connectivity index (χ1) is 9.42. The Morgan fingerprint density at radius 2 is 1.67 bits per heavy atom. The molecule has 2 atom stereocenters. The molecule has 0 fully saturated rings. The molecule has 0 saturated heterocycles. The number of hydrogen-bond donors (Lipinski definition) is 1. The summed E-state index contributed by atoms with van der Waals surface area (Å²) in [6.45, 7) is 14.5. The van der Waals surface area contributed by atoms with Crippen LogP contribution < -0.4 is 0 Å². The van der Waals surface area contributed by atoms with Crippen LogP contribution in [0.25, 0.3) is 0 Å². The van der Waals surface area contributed by atoms with E-state index < -0.39 is 25.0 Å². The summed E-state index contributed by atoms with van der Waals surface area (Å²) in [6.07, 6.45) is -0.702. The second-order valence-corrected chi connectivity index (χ2v) is 14.3. The van der Waals surface area contributed by atoms with E-state index in [1.54, 1.807) is 0 Å². The summed E-state index contributed by atoms with van der Waals surface area (Å²) in [5, 5.41) is 10.7. The van der Waals surface area contributed by atoms with E-state index in [0.717, 1.165) is 10.5 Å². The first kappa shape index (κ1) is 18.3. The molecule has 0 unspecified atom stereocenters. The van der Waals surface area contributed by atoms with Crippen LogP contribution in [0.15, 0.2) is 39.8 Å². The van der Waals surface area contributed by atoms with Crippen LogP contribution in [-0.2, 0) is 10.8 Å². The van der Waals surface area contributed by atoms with Gasteiger partial charge in [-0.25, -0.2) is 4.21 Å². The van der Waals surface area contributed by atoms with Gasteiger partial charge >= 0.3 is 0 Å². The molecule has 0 spiro atoms.